The second-order valence-electron chi connectivity index (χ2n) is 6.82. The number of likely N-dealkylation sites (tertiary alicyclic amines) is 1. The average Bonchev–Trinajstić information content (AvgIpc) is 2.42. The molecule has 6 heteroatoms. The molecular formula is C16H20N4O2. The van der Waals surface area contributed by atoms with Gasteiger partial charge < -0.3 is 14.9 Å². The van der Waals surface area contributed by atoms with Gasteiger partial charge in [-0.25, -0.2) is 4.79 Å². The molecule has 3 heterocycles. The van der Waals surface area contributed by atoms with Crippen molar-refractivity contribution >= 4 is 11.8 Å². The third kappa shape index (κ3) is 2.27. The maximum absolute atomic E-state index is 11.3. The summed E-state index contributed by atoms with van der Waals surface area (Å²) >= 11 is 0. The van der Waals surface area contributed by atoms with Crippen molar-refractivity contribution in [2.45, 2.75) is 26.3 Å². The minimum atomic E-state index is -0.817. The van der Waals surface area contributed by atoms with Crippen LogP contribution in [0, 0.1) is 22.7 Å². The number of nitriles is 1. The van der Waals surface area contributed by atoms with Gasteiger partial charge in [-0.15, -0.1) is 0 Å². The van der Waals surface area contributed by atoms with Gasteiger partial charge in [0.25, 0.3) is 0 Å². The molecule has 0 radical (unpaired) electrons. The fourth-order valence-electron chi connectivity index (χ4n) is 3.67. The van der Waals surface area contributed by atoms with Gasteiger partial charge >= 0.3 is 6.09 Å². The quantitative estimate of drug-likeness (QED) is 0.925. The summed E-state index contributed by atoms with van der Waals surface area (Å²) in [5.41, 5.74) is 1.57. The number of amides is 1. The second-order valence-corrected chi connectivity index (χ2v) is 6.82. The first-order valence-corrected chi connectivity index (χ1v) is 7.55. The van der Waals surface area contributed by atoms with Crippen LogP contribution in [0.15, 0.2) is 18.5 Å². The maximum Gasteiger partial charge on any atom is 0.407 e. The first-order valence-electron chi connectivity index (χ1n) is 7.55. The fraction of sp³-hybridized carbons (Fsp3) is 0.562. The van der Waals surface area contributed by atoms with Gasteiger partial charge in [-0.1, -0.05) is 13.8 Å². The van der Waals surface area contributed by atoms with Crippen LogP contribution in [0.2, 0.25) is 0 Å². The summed E-state index contributed by atoms with van der Waals surface area (Å²) in [5, 5.41) is 18.2. The van der Waals surface area contributed by atoms with Crippen LogP contribution in [0.3, 0.4) is 0 Å². The van der Waals surface area contributed by atoms with E-state index in [2.05, 4.69) is 29.8 Å². The number of hydrogen-bond donors (Lipinski definition) is 1. The van der Waals surface area contributed by atoms with Gasteiger partial charge in [0.05, 0.1) is 17.4 Å². The van der Waals surface area contributed by atoms with Gasteiger partial charge in [0.2, 0.25) is 0 Å². The van der Waals surface area contributed by atoms with Crippen molar-refractivity contribution in [3.05, 3.63) is 24.0 Å². The number of anilines is 1. The predicted molar refractivity (Wildman–Crippen MR) is 81.6 cm³/mol. The third-order valence-electron chi connectivity index (χ3n) is 4.74. The molecule has 2 aliphatic rings. The minimum Gasteiger partial charge on any atom is -0.465 e. The van der Waals surface area contributed by atoms with Crippen molar-refractivity contribution in [2.24, 2.45) is 11.3 Å². The zero-order valence-electron chi connectivity index (χ0n) is 12.9. The van der Waals surface area contributed by atoms with Crippen LogP contribution in [0.4, 0.5) is 10.5 Å². The van der Waals surface area contributed by atoms with E-state index in [-0.39, 0.29) is 11.5 Å². The molecule has 0 saturated carbocycles. The molecule has 1 aromatic rings. The number of nitrogens with zero attached hydrogens (tertiary/aromatic N) is 4. The molecule has 2 fully saturated rings. The Morgan fingerprint density at radius 2 is 2.23 bits per heavy atom. The molecule has 3 rings (SSSR count). The molecule has 1 spiro atoms. The van der Waals surface area contributed by atoms with Crippen molar-refractivity contribution in [3.63, 3.8) is 0 Å². The molecule has 1 amide bonds. The smallest absolute Gasteiger partial charge is 0.407 e. The molecule has 1 unspecified atom stereocenters. The summed E-state index contributed by atoms with van der Waals surface area (Å²) in [4.78, 5) is 19.1. The second kappa shape index (κ2) is 5.16. The molecule has 0 aromatic carbocycles. The van der Waals surface area contributed by atoms with E-state index < -0.39 is 6.09 Å². The lowest BCUT2D eigenvalue weighted by atomic mass is 9.63. The first-order chi connectivity index (χ1) is 10.4. The fourth-order valence-corrected chi connectivity index (χ4v) is 3.67. The van der Waals surface area contributed by atoms with Gasteiger partial charge in [0.1, 0.15) is 6.07 Å². The molecule has 1 N–H and O–H groups in total. The number of aromatic nitrogens is 1. The van der Waals surface area contributed by atoms with E-state index in [1.165, 1.54) is 0 Å². The average molecular weight is 300 g/mol. The SMILES string of the molecule is CC(C)CC1N(C(=O)O)CC12CN(c1cncc(C#N)c1)C2. The van der Waals surface area contributed by atoms with E-state index in [1.54, 1.807) is 17.3 Å². The highest BCUT2D eigenvalue weighted by Crippen LogP contribution is 2.49. The Morgan fingerprint density at radius 3 is 2.82 bits per heavy atom. The Labute approximate surface area is 130 Å². The Balaban J connectivity index is 1.70. The van der Waals surface area contributed by atoms with E-state index in [1.807, 2.05) is 6.07 Å². The van der Waals surface area contributed by atoms with Crippen LogP contribution in [-0.2, 0) is 0 Å². The lowest BCUT2D eigenvalue weighted by Gasteiger charge is -2.65. The number of hydrogen-bond acceptors (Lipinski definition) is 4. The minimum absolute atomic E-state index is 0.0747. The molecular weight excluding hydrogens is 280 g/mol. The summed E-state index contributed by atoms with van der Waals surface area (Å²) in [7, 11) is 0. The van der Waals surface area contributed by atoms with Crippen LogP contribution in [0.1, 0.15) is 25.8 Å². The van der Waals surface area contributed by atoms with Gasteiger partial charge in [-0.05, 0) is 18.4 Å². The number of carboxylic acid groups (broad SMARTS) is 1. The van der Waals surface area contributed by atoms with E-state index in [0.29, 0.717) is 18.0 Å². The molecule has 2 aliphatic heterocycles. The number of pyridine rings is 1. The predicted octanol–water partition coefficient (Wildman–Crippen LogP) is 2.17. The Morgan fingerprint density at radius 1 is 1.50 bits per heavy atom. The van der Waals surface area contributed by atoms with Crippen LogP contribution >= 0.6 is 0 Å². The van der Waals surface area contributed by atoms with Crippen LogP contribution in [-0.4, -0.2) is 46.8 Å². The monoisotopic (exact) mass is 300 g/mol. The molecule has 0 aliphatic carbocycles. The number of rotatable bonds is 3. The molecule has 116 valence electrons. The summed E-state index contributed by atoms with van der Waals surface area (Å²) in [6, 6.07) is 4.04. The zero-order chi connectivity index (χ0) is 15.9. The molecule has 2 saturated heterocycles. The Kier molecular flexibility index (Phi) is 3.44. The van der Waals surface area contributed by atoms with Crippen molar-refractivity contribution in [2.75, 3.05) is 24.5 Å². The zero-order valence-corrected chi connectivity index (χ0v) is 12.9. The highest BCUT2D eigenvalue weighted by atomic mass is 16.4. The van der Waals surface area contributed by atoms with Crippen LogP contribution < -0.4 is 4.90 Å². The Hall–Kier alpha value is -2.29. The van der Waals surface area contributed by atoms with Gasteiger partial charge in [-0.3, -0.25) is 4.98 Å². The first kappa shape index (κ1) is 14.6. The van der Waals surface area contributed by atoms with E-state index in [9.17, 15) is 9.90 Å². The summed E-state index contributed by atoms with van der Waals surface area (Å²) < 4.78 is 0. The molecule has 1 aromatic heterocycles. The normalized spacial score (nSPS) is 22.2. The summed E-state index contributed by atoms with van der Waals surface area (Å²) in [5.74, 6) is 0.474. The van der Waals surface area contributed by atoms with Crippen molar-refractivity contribution in [1.82, 2.24) is 9.88 Å². The van der Waals surface area contributed by atoms with Crippen molar-refractivity contribution in [1.29, 1.82) is 5.26 Å². The van der Waals surface area contributed by atoms with Gasteiger partial charge in [-0.2, -0.15) is 5.26 Å². The molecule has 22 heavy (non-hydrogen) atoms. The lowest BCUT2D eigenvalue weighted by Crippen LogP contribution is -2.78. The lowest BCUT2D eigenvalue weighted by molar-refractivity contribution is -0.0822. The maximum atomic E-state index is 11.3. The molecule has 1 atom stereocenters. The van der Waals surface area contributed by atoms with E-state index in [4.69, 9.17) is 5.26 Å². The highest BCUT2D eigenvalue weighted by Gasteiger charge is 2.60. The Bertz CT molecular complexity index is 631. The number of carbonyl (C=O) groups is 1. The van der Waals surface area contributed by atoms with Gasteiger partial charge in [0.15, 0.2) is 0 Å². The topological polar surface area (TPSA) is 80.5 Å². The molecule has 0 bridgehead atoms. The standard InChI is InChI=1S/C16H20N4O2/c1-11(2)3-14-16(10-20(14)15(21)22)8-19(9-16)13-4-12(5-17)6-18-7-13/h4,6-7,11,14H,3,8-10H2,1-2H3,(H,21,22). The third-order valence-corrected chi connectivity index (χ3v) is 4.74. The largest absolute Gasteiger partial charge is 0.465 e. The summed E-state index contributed by atoms with van der Waals surface area (Å²) in [6.45, 7) is 6.54. The van der Waals surface area contributed by atoms with Crippen molar-refractivity contribution < 1.29 is 9.90 Å². The summed E-state index contributed by atoms with van der Waals surface area (Å²) in [6.07, 6.45) is 3.40. The van der Waals surface area contributed by atoms with E-state index >= 15 is 0 Å². The van der Waals surface area contributed by atoms with Crippen LogP contribution in [0.5, 0.6) is 0 Å². The highest BCUT2D eigenvalue weighted by molar-refractivity contribution is 5.68. The van der Waals surface area contributed by atoms with Gasteiger partial charge in [0, 0.05) is 37.3 Å². The molecule has 6 nitrogen and oxygen atoms in total. The van der Waals surface area contributed by atoms with E-state index in [0.717, 1.165) is 25.2 Å². The van der Waals surface area contributed by atoms with Crippen LogP contribution in [0.25, 0.3) is 0 Å². The van der Waals surface area contributed by atoms with Crippen molar-refractivity contribution in [3.8, 4) is 6.07 Å².